The van der Waals surface area contributed by atoms with Crippen molar-refractivity contribution < 1.29 is 8.42 Å². The van der Waals surface area contributed by atoms with E-state index in [9.17, 15) is 8.42 Å². The van der Waals surface area contributed by atoms with Crippen molar-refractivity contribution in [2.75, 3.05) is 6.54 Å². The average molecular weight is 348 g/mol. The van der Waals surface area contributed by atoms with Crippen molar-refractivity contribution in [3.8, 4) is 0 Å². The largest absolute Gasteiger partial charge is 0.352 e. The van der Waals surface area contributed by atoms with Gasteiger partial charge in [0.05, 0.1) is 10.9 Å². The van der Waals surface area contributed by atoms with E-state index in [0.717, 1.165) is 29.5 Å². The molecule has 3 rings (SSSR count). The molecule has 1 aliphatic rings. The number of benzene rings is 1. The van der Waals surface area contributed by atoms with Crippen molar-refractivity contribution in [2.45, 2.75) is 37.6 Å². The topological polar surface area (TPSA) is 53.2 Å². The summed E-state index contributed by atoms with van der Waals surface area (Å²) in [7, 11) is -3.48. The van der Waals surface area contributed by atoms with Gasteiger partial charge in [-0.3, -0.25) is 0 Å². The summed E-state index contributed by atoms with van der Waals surface area (Å²) in [4.78, 5) is 3.41. The third kappa shape index (κ3) is 3.11. The summed E-state index contributed by atoms with van der Waals surface area (Å²) >= 11 is 5.19. The van der Waals surface area contributed by atoms with Gasteiger partial charge in [-0.05, 0) is 49.9 Å². The summed E-state index contributed by atoms with van der Waals surface area (Å²) in [6, 6.07) is 8.90. The highest BCUT2D eigenvalue weighted by molar-refractivity contribution is 7.89. The molecule has 0 bridgehead atoms. The van der Waals surface area contributed by atoms with Gasteiger partial charge >= 0.3 is 0 Å². The molecule has 1 aromatic carbocycles. The van der Waals surface area contributed by atoms with Gasteiger partial charge in [-0.15, -0.1) is 0 Å². The number of hydrogen-bond donors (Lipinski definition) is 1. The van der Waals surface area contributed by atoms with Crippen LogP contribution in [0.15, 0.2) is 41.4 Å². The van der Waals surface area contributed by atoms with E-state index in [2.05, 4.69) is 4.98 Å². The van der Waals surface area contributed by atoms with E-state index in [-0.39, 0.29) is 6.04 Å². The molecule has 0 amide bonds. The molecule has 1 aromatic heterocycles. The van der Waals surface area contributed by atoms with Gasteiger partial charge in [0.1, 0.15) is 4.64 Å². The molecule has 1 fully saturated rings. The Balaban J connectivity index is 1.99. The Bertz CT molecular complexity index is 870. The van der Waals surface area contributed by atoms with Crippen LogP contribution >= 0.6 is 12.2 Å². The van der Waals surface area contributed by atoms with E-state index in [4.69, 9.17) is 12.2 Å². The minimum atomic E-state index is -3.48. The summed E-state index contributed by atoms with van der Waals surface area (Å²) in [5, 5.41) is 0. The van der Waals surface area contributed by atoms with Crippen LogP contribution in [0.1, 0.15) is 35.6 Å². The smallest absolute Gasteiger partial charge is 0.243 e. The van der Waals surface area contributed by atoms with Gasteiger partial charge in [-0.1, -0.05) is 36.0 Å². The first-order chi connectivity index (χ1) is 10.9. The maximum atomic E-state index is 13.0. The van der Waals surface area contributed by atoms with E-state index in [1.807, 2.05) is 38.2 Å². The second kappa shape index (κ2) is 6.19. The van der Waals surface area contributed by atoms with Gasteiger partial charge in [0, 0.05) is 12.7 Å². The quantitative estimate of drug-likeness (QED) is 0.856. The molecule has 0 radical (unpaired) electrons. The summed E-state index contributed by atoms with van der Waals surface area (Å²) < 4.78 is 28.3. The lowest BCUT2D eigenvalue weighted by molar-refractivity contribution is 0.396. The van der Waals surface area contributed by atoms with Crippen LogP contribution in [-0.2, 0) is 10.0 Å². The number of aromatic amines is 1. The average Bonchev–Trinajstić information content (AvgIpc) is 3.01. The number of aryl methyl sites for hydroxylation is 2. The van der Waals surface area contributed by atoms with Crippen LogP contribution in [0.4, 0.5) is 0 Å². The molecule has 1 aliphatic heterocycles. The second-order valence-electron chi connectivity index (χ2n) is 6.03. The van der Waals surface area contributed by atoms with Crippen LogP contribution < -0.4 is 0 Å². The lowest BCUT2D eigenvalue weighted by atomic mass is 10.1. The zero-order chi connectivity index (χ0) is 16.6. The third-order valence-corrected chi connectivity index (χ3v) is 6.69. The number of aromatic nitrogens is 1. The van der Waals surface area contributed by atoms with Gasteiger partial charge in [-0.25, -0.2) is 8.42 Å². The van der Waals surface area contributed by atoms with Crippen molar-refractivity contribution in [3.05, 3.63) is 57.9 Å². The number of nitrogens with zero attached hydrogens (tertiary/aromatic N) is 1. The van der Waals surface area contributed by atoms with Crippen molar-refractivity contribution in [1.29, 1.82) is 0 Å². The van der Waals surface area contributed by atoms with Gasteiger partial charge in [-0.2, -0.15) is 4.31 Å². The molecule has 1 unspecified atom stereocenters. The number of hydrogen-bond acceptors (Lipinski definition) is 3. The number of nitrogens with one attached hydrogen (secondary N) is 1. The molecule has 6 heteroatoms. The molecule has 23 heavy (non-hydrogen) atoms. The molecule has 2 aromatic rings. The van der Waals surface area contributed by atoms with E-state index in [1.54, 1.807) is 16.4 Å². The molecule has 4 nitrogen and oxygen atoms in total. The van der Waals surface area contributed by atoms with E-state index in [1.165, 1.54) is 0 Å². The van der Waals surface area contributed by atoms with Crippen LogP contribution in [0.3, 0.4) is 0 Å². The Morgan fingerprint density at radius 3 is 2.57 bits per heavy atom. The van der Waals surface area contributed by atoms with Crippen LogP contribution in [-0.4, -0.2) is 24.3 Å². The minimum Gasteiger partial charge on any atom is -0.352 e. The molecule has 1 atom stereocenters. The predicted molar refractivity (Wildman–Crippen MR) is 93.4 cm³/mol. The highest BCUT2D eigenvalue weighted by Gasteiger charge is 2.36. The molecule has 1 N–H and O–H groups in total. The van der Waals surface area contributed by atoms with Crippen molar-refractivity contribution in [2.24, 2.45) is 0 Å². The zero-order valence-corrected chi connectivity index (χ0v) is 14.9. The number of H-pyrrole nitrogens is 1. The summed E-state index contributed by atoms with van der Waals surface area (Å²) in [5.74, 6) is 0. The summed E-state index contributed by atoms with van der Waals surface area (Å²) in [6.07, 6.45) is 3.53. The molecule has 0 saturated carbocycles. The van der Waals surface area contributed by atoms with Crippen LogP contribution in [0.2, 0.25) is 0 Å². The van der Waals surface area contributed by atoms with Crippen LogP contribution in [0.5, 0.6) is 0 Å². The van der Waals surface area contributed by atoms with Gasteiger partial charge in [0.15, 0.2) is 0 Å². The number of pyridine rings is 1. The summed E-state index contributed by atoms with van der Waals surface area (Å²) in [5.41, 5.74) is 2.99. The first-order valence-corrected chi connectivity index (χ1v) is 9.52. The van der Waals surface area contributed by atoms with Crippen molar-refractivity contribution in [1.82, 2.24) is 9.29 Å². The predicted octanol–water partition coefficient (Wildman–Crippen LogP) is 3.89. The summed E-state index contributed by atoms with van der Waals surface area (Å²) in [6.45, 7) is 4.44. The Hall–Kier alpha value is -1.50. The minimum absolute atomic E-state index is 0.133. The van der Waals surface area contributed by atoms with Crippen molar-refractivity contribution >= 4 is 22.2 Å². The molecular formula is C17H20N2O2S2. The first kappa shape index (κ1) is 16.4. The Kier molecular flexibility index (Phi) is 4.40. The van der Waals surface area contributed by atoms with Crippen LogP contribution in [0, 0.1) is 18.5 Å². The second-order valence-corrected chi connectivity index (χ2v) is 8.33. The lowest BCUT2D eigenvalue weighted by Gasteiger charge is -2.24. The fourth-order valence-corrected chi connectivity index (χ4v) is 4.82. The Labute approximate surface area is 142 Å². The molecule has 0 aliphatic carbocycles. The van der Waals surface area contributed by atoms with E-state index >= 15 is 0 Å². The fraction of sp³-hybridized carbons (Fsp3) is 0.353. The molecule has 122 valence electrons. The maximum absolute atomic E-state index is 13.0. The third-order valence-electron chi connectivity index (χ3n) is 4.33. The van der Waals surface area contributed by atoms with E-state index < -0.39 is 10.0 Å². The highest BCUT2D eigenvalue weighted by atomic mass is 32.2. The van der Waals surface area contributed by atoms with Gasteiger partial charge < -0.3 is 4.98 Å². The zero-order valence-electron chi connectivity index (χ0n) is 13.2. The highest BCUT2D eigenvalue weighted by Crippen LogP contribution is 2.36. The monoisotopic (exact) mass is 348 g/mol. The molecule has 1 saturated heterocycles. The SMILES string of the molecule is Cc1ccc(S(=O)(=O)N2CCCC2c2c[nH]c(=S)c(C)c2)cc1. The normalized spacial score (nSPS) is 19.1. The van der Waals surface area contributed by atoms with Crippen molar-refractivity contribution in [3.63, 3.8) is 0 Å². The maximum Gasteiger partial charge on any atom is 0.243 e. The Morgan fingerprint density at radius 2 is 1.91 bits per heavy atom. The molecule has 2 heterocycles. The fourth-order valence-electron chi connectivity index (χ4n) is 3.02. The van der Waals surface area contributed by atoms with Gasteiger partial charge in [0.25, 0.3) is 0 Å². The first-order valence-electron chi connectivity index (χ1n) is 7.67. The Morgan fingerprint density at radius 1 is 1.22 bits per heavy atom. The van der Waals surface area contributed by atoms with Crippen LogP contribution in [0.25, 0.3) is 0 Å². The molecule has 0 spiro atoms. The standard InChI is InChI=1S/C17H20N2O2S2/c1-12-5-7-15(8-6-12)23(20,21)19-9-3-4-16(19)14-10-13(2)17(22)18-11-14/h5-8,10-11,16H,3-4,9H2,1-2H3,(H,18,22). The molecular weight excluding hydrogens is 328 g/mol. The van der Waals surface area contributed by atoms with E-state index in [0.29, 0.717) is 16.1 Å². The number of sulfonamides is 1. The lowest BCUT2D eigenvalue weighted by Crippen LogP contribution is -2.30. The number of rotatable bonds is 3. The van der Waals surface area contributed by atoms with Gasteiger partial charge in [0.2, 0.25) is 10.0 Å².